The number of ether oxygens (including phenoxy) is 1. The Labute approximate surface area is 209 Å². The highest BCUT2D eigenvalue weighted by Crippen LogP contribution is 2.32. The van der Waals surface area contributed by atoms with Gasteiger partial charge in [0.1, 0.15) is 12.3 Å². The summed E-state index contributed by atoms with van der Waals surface area (Å²) in [5.74, 6) is 0.355. The maximum atomic E-state index is 13.8. The summed E-state index contributed by atoms with van der Waals surface area (Å²) in [6, 6.07) is 23.0. The van der Waals surface area contributed by atoms with Crippen molar-refractivity contribution in [2.75, 3.05) is 17.5 Å². The Hall–Kier alpha value is -3.32. The minimum Gasteiger partial charge on any atom is -0.492 e. The minimum absolute atomic E-state index is 0.115. The molecule has 0 aromatic heterocycles. The van der Waals surface area contributed by atoms with Crippen LogP contribution in [-0.2, 0) is 14.8 Å². The Morgan fingerprint density at radius 2 is 1.57 bits per heavy atom. The number of hydrogen-bond acceptors (Lipinski definition) is 4. The number of carbonyl (C=O) groups is 1. The lowest BCUT2D eigenvalue weighted by atomic mass is 9.97. The minimum atomic E-state index is -4.04. The van der Waals surface area contributed by atoms with Crippen molar-refractivity contribution < 1.29 is 17.9 Å². The molecular formula is C28H34N2O4S. The zero-order chi connectivity index (χ0) is 25.4. The van der Waals surface area contributed by atoms with Gasteiger partial charge in [0, 0.05) is 0 Å². The topological polar surface area (TPSA) is 75.7 Å². The van der Waals surface area contributed by atoms with Gasteiger partial charge in [0.05, 0.1) is 23.2 Å². The largest absolute Gasteiger partial charge is 0.492 e. The zero-order valence-corrected chi connectivity index (χ0v) is 21.6. The van der Waals surface area contributed by atoms with Gasteiger partial charge in [-0.15, -0.1) is 0 Å². The monoisotopic (exact) mass is 494 g/mol. The lowest BCUT2D eigenvalue weighted by molar-refractivity contribution is -0.120. The number of amides is 1. The summed E-state index contributed by atoms with van der Waals surface area (Å²) in [4.78, 5) is 13.5. The van der Waals surface area contributed by atoms with E-state index >= 15 is 0 Å². The Morgan fingerprint density at radius 3 is 2.20 bits per heavy atom. The standard InChI is InChI=1S/C28H34N2O4S/c1-5-34-27-14-10-9-13-26(27)30(35(32,33)24-17-15-22(4)16-18-24)20-28(31)29-25(19-21(2)3)23-11-7-6-8-12-23/h6-18,21,25H,5,19-20H2,1-4H3,(H,29,31)/t25-/m0/s1. The highest BCUT2D eigenvalue weighted by Gasteiger charge is 2.30. The normalized spacial score (nSPS) is 12.3. The molecule has 3 aromatic rings. The van der Waals surface area contributed by atoms with E-state index in [1.54, 1.807) is 48.5 Å². The third-order valence-electron chi connectivity index (χ3n) is 5.57. The van der Waals surface area contributed by atoms with E-state index in [9.17, 15) is 13.2 Å². The second kappa shape index (κ2) is 11.9. The van der Waals surface area contributed by atoms with E-state index in [1.807, 2.05) is 44.2 Å². The number of carbonyl (C=O) groups excluding carboxylic acids is 1. The van der Waals surface area contributed by atoms with Crippen LogP contribution >= 0.6 is 0 Å². The third kappa shape index (κ3) is 6.85. The fourth-order valence-electron chi connectivity index (χ4n) is 3.88. The maximum Gasteiger partial charge on any atom is 0.264 e. The molecule has 3 aromatic carbocycles. The molecule has 186 valence electrons. The Bertz CT molecular complexity index is 1210. The molecule has 6 nitrogen and oxygen atoms in total. The number of aryl methyl sites for hydroxylation is 1. The maximum absolute atomic E-state index is 13.8. The number of nitrogens with one attached hydrogen (secondary N) is 1. The van der Waals surface area contributed by atoms with Gasteiger partial charge in [0.25, 0.3) is 10.0 Å². The molecule has 0 fully saturated rings. The van der Waals surface area contributed by atoms with Gasteiger partial charge in [-0.25, -0.2) is 8.42 Å². The van der Waals surface area contributed by atoms with E-state index in [4.69, 9.17) is 4.74 Å². The molecule has 7 heteroatoms. The van der Waals surface area contributed by atoms with E-state index in [2.05, 4.69) is 19.2 Å². The second-order valence-electron chi connectivity index (χ2n) is 8.89. The zero-order valence-electron chi connectivity index (χ0n) is 20.8. The van der Waals surface area contributed by atoms with E-state index in [0.717, 1.165) is 21.9 Å². The number of para-hydroxylation sites is 2. The summed E-state index contributed by atoms with van der Waals surface area (Å²) < 4.78 is 34.4. The third-order valence-corrected chi connectivity index (χ3v) is 7.35. The predicted molar refractivity (Wildman–Crippen MR) is 140 cm³/mol. The van der Waals surface area contributed by atoms with Gasteiger partial charge < -0.3 is 10.1 Å². The van der Waals surface area contributed by atoms with E-state index in [0.29, 0.717) is 24.0 Å². The van der Waals surface area contributed by atoms with Crippen LogP contribution in [0.15, 0.2) is 83.8 Å². The first-order valence-corrected chi connectivity index (χ1v) is 13.3. The van der Waals surface area contributed by atoms with Crippen molar-refractivity contribution in [2.45, 2.75) is 45.1 Å². The fraction of sp³-hybridized carbons (Fsp3) is 0.321. The Balaban J connectivity index is 1.98. The summed E-state index contributed by atoms with van der Waals surface area (Å²) in [7, 11) is -4.04. The first kappa shape index (κ1) is 26.3. The molecule has 0 aliphatic carbocycles. The van der Waals surface area contributed by atoms with Crippen LogP contribution in [0.3, 0.4) is 0 Å². The lowest BCUT2D eigenvalue weighted by Crippen LogP contribution is -2.42. The van der Waals surface area contributed by atoms with Gasteiger partial charge in [-0.1, -0.05) is 74.0 Å². The van der Waals surface area contributed by atoms with Crippen molar-refractivity contribution in [3.8, 4) is 5.75 Å². The number of anilines is 1. The molecule has 1 amide bonds. The van der Waals surface area contributed by atoms with Crippen LogP contribution in [0.25, 0.3) is 0 Å². The second-order valence-corrected chi connectivity index (χ2v) is 10.7. The number of hydrogen-bond donors (Lipinski definition) is 1. The average Bonchev–Trinajstić information content (AvgIpc) is 2.83. The SMILES string of the molecule is CCOc1ccccc1N(CC(=O)N[C@@H](CC(C)C)c1ccccc1)S(=O)(=O)c1ccc(C)cc1. The van der Waals surface area contributed by atoms with Crippen LogP contribution in [-0.4, -0.2) is 27.5 Å². The smallest absolute Gasteiger partial charge is 0.264 e. The Kier molecular flexibility index (Phi) is 8.93. The molecular weight excluding hydrogens is 460 g/mol. The predicted octanol–water partition coefficient (Wildman–Crippen LogP) is 5.49. The molecule has 0 heterocycles. The van der Waals surface area contributed by atoms with Gasteiger partial charge in [0.2, 0.25) is 5.91 Å². The molecule has 1 N–H and O–H groups in total. The van der Waals surface area contributed by atoms with Crippen LogP contribution in [0.4, 0.5) is 5.69 Å². The van der Waals surface area contributed by atoms with Crippen LogP contribution in [0, 0.1) is 12.8 Å². The van der Waals surface area contributed by atoms with Gasteiger partial charge in [-0.05, 0) is 56.0 Å². The summed E-state index contributed by atoms with van der Waals surface area (Å²) in [6.45, 7) is 7.90. The van der Waals surface area contributed by atoms with E-state index < -0.39 is 10.0 Å². The van der Waals surface area contributed by atoms with E-state index in [1.165, 1.54) is 0 Å². The molecule has 0 radical (unpaired) electrons. The van der Waals surface area contributed by atoms with Crippen molar-refractivity contribution in [3.63, 3.8) is 0 Å². The number of rotatable bonds is 11. The first-order valence-electron chi connectivity index (χ1n) is 11.9. The van der Waals surface area contributed by atoms with Gasteiger partial charge in [-0.2, -0.15) is 0 Å². The quantitative estimate of drug-likeness (QED) is 0.382. The number of benzene rings is 3. The van der Waals surface area contributed by atoms with Crippen molar-refractivity contribution >= 4 is 21.6 Å². The Morgan fingerprint density at radius 1 is 0.943 bits per heavy atom. The highest BCUT2D eigenvalue weighted by atomic mass is 32.2. The van der Waals surface area contributed by atoms with Crippen molar-refractivity contribution in [3.05, 3.63) is 90.0 Å². The number of sulfonamides is 1. The number of nitrogens with zero attached hydrogens (tertiary/aromatic N) is 1. The summed E-state index contributed by atoms with van der Waals surface area (Å²) in [6.07, 6.45) is 0.732. The summed E-state index contributed by atoms with van der Waals surface area (Å²) >= 11 is 0. The summed E-state index contributed by atoms with van der Waals surface area (Å²) in [5.41, 5.74) is 2.25. The van der Waals surface area contributed by atoms with Crippen LogP contribution in [0.5, 0.6) is 5.75 Å². The molecule has 0 bridgehead atoms. The molecule has 1 atom stereocenters. The van der Waals surface area contributed by atoms with Crippen molar-refractivity contribution in [2.24, 2.45) is 5.92 Å². The van der Waals surface area contributed by atoms with Crippen LogP contribution in [0.1, 0.15) is 44.4 Å². The molecule has 3 rings (SSSR count). The first-order chi connectivity index (χ1) is 16.7. The molecule has 0 aliphatic rings. The van der Waals surface area contributed by atoms with Crippen LogP contribution < -0.4 is 14.4 Å². The van der Waals surface area contributed by atoms with Gasteiger partial charge >= 0.3 is 0 Å². The van der Waals surface area contributed by atoms with Crippen molar-refractivity contribution in [1.82, 2.24) is 5.32 Å². The van der Waals surface area contributed by atoms with E-state index in [-0.39, 0.29) is 23.4 Å². The molecule has 0 saturated heterocycles. The highest BCUT2D eigenvalue weighted by molar-refractivity contribution is 7.92. The molecule has 0 unspecified atom stereocenters. The summed E-state index contributed by atoms with van der Waals surface area (Å²) in [5, 5.41) is 3.06. The molecule has 0 spiro atoms. The van der Waals surface area contributed by atoms with Crippen molar-refractivity contribution in [1.29, 1.82) is 0 Å². The molecule has 35 heavy (non-hydrogen) atoms. The van der Waals surface area contributed by atoms with Crippen LogP contribution in [0.2, 0.25) is 0 Å². The average molecular weight is 495 g/mol. The van der Waals surface area contributed by atoms with Gasteiger partial charge in [-0.3, -0.25) is 9.10 Å². The molecule has 0 aliphatic heterocycles. The van der Waals surface area contributed by atoms with Gasteiger partial charge in [0.15, 0.2) is 0 Å². The molecule has 0 saturated carbocycles. The fourth-order valence-corrected chi connectivity index (χ4v) is 5.31. The lowest BCUT2D eigenvalue weighted by Gasteiger charge is -2.27.